The average Bonchev–Trinajstić information content (AvgIpc) is 2.74. The number of anilines is 1. The van der Waals surface area contributed by atoms with Crippen molar-refractivity contribution in [3.63, 3.8) is 0 Å². The zero-order chi connectivity index (χ0) is 13.7. The van der Waals surface area contributed by atoms with Gasteiger partial charge in [0.05, 0.1) is 6.54 Å². The fourth-order valence-electron chi connectivity index (χ4n) is 1.36. The van der Waals surface area contributed by atoms with Gasteiger partial charge in [0, 0.05) is 24.3 Å². The summed E-state index contributed by atoms with van der Waals surface area (Å²) in [5.41, 5.74) is 0. The predicted molar refractivity (Wildman–Crippen MR) is 73.5 cm³/mol. The minimum Gasteiger partial charge on any atom is -0.360 e. The molecule has 0 fully saturated rings. The van der Waals surface area contributed by atoms with E-state index in [4.69, 9.17) is 0 Å². The Hall–Kier alpha value is -1.52. The van der Waals surface area contributed by atoms with E-state index in [1.807, 2.05) is 23.9 Å². The van der Waals surface area contributed by atoms with Crippen LogP contribution in [0.25, 0.3) is 0 Å². The zero-order valence-corrected chi connectivity index (χ0v) is 11.9. The molecule has 0 saturated heterocycles. The second kappa shape index (κ2) is 6.42. The van der Waals surface area contributed by atoms with Gasteiger partial charge in [-0.3, -0.25) is 9.48 Å². The third-order valence-corrected chi connectivity index (χ3v) is 2.96. The van der Waals surface area contributed by atoms with Crippen LogP contribution in [0.4, 0.5) is 5.82 Å². The van der Waals surface area contributed by atoms with Crippen molar-refractivity contribution >= 4 is 11.7 Å². The van der Waals surface area contributed by atoms with E-state index in [9.17, 15) is 4.79 Å². The Bertz CT molecular complexity index is 384. The molecule has 0 bridgehead atoms. The highest BCUT2D eigenvalue weighted by Crippen LogP contribution is 2.07. The first-order valence-electron chi connectivity index (χ1n) is 6.48. The minimum absolute atomic E-state index is 0.00435. The number of nitrogens with one attached hydrogen (secondary N) is 2. The van der Waals surface area contributed by atoms with Crippen LogP contribution in [0.15, 0.2) is 12.3 Å². The lowest BCUT2D eigenvalue weighted by molar-refractivity contribution is -0.120. The molecule has 0 saturated carbocycles. The summed E-state index contributed by atoms with van der Waals surface area (Å²) in [6.07, 6.45) is 1.90. The van der Waals surface area contributed by atoms with E-state index in [0.717, 1.165) is 5.82 Å². The van der Waals surface area contributed by atoms with Crippen LogP contribution in [-0.2, 0) is 4.79 Å². The highest BCUT2D eigenvalue weighted by Gasteiger charge is 2.10. The van der Waals surface area contributed by atoms with Crippen LogP contribution in [0.3, 0.4) is 0 Å². The second-order valence-corrected chi connectivity index (χ2v) is 5.23. The maximum absolute atomic E-state index is 11.7. The molecule has 18 heavy (non-hydrogen) atoms. The molecule has 1 aromatic heterocycles. The molecule has 1 aromatic rings. The Morgan fingerprint density at radius 2 is 2.00 bits per heavy atom. The number of amides is 1. The lowest BCUT2D eigenvalue weighted by Gasteiger charge is -2.17. The SMILES string of the molecule is CC(C)C(C)NC(=O)CNc1ccn(C(C)C)n1. The highest BCUT2D eigenvalue weighted by atomic mass is 16.2. The molecular weight excluding hydrogens is 228 g/mol. The van der Waals surface area contributed by atoms with Crippen molar-refractivity contribution in [3.05, 3.63) is 12.3 Å². The van der Waals surface area contributed by atoms with Gasteiger partial charge in [-0.15, -0.1) is 0 Å². The molecule has 0 spiro atoms. The van der Waals surface area contributed by atoms with Crippen LogP contribution in [0, 0.1) is 5.92 Å². The van der Waals surface area contributed by atoms with Crippen LogP contribution in [-0.4, -0.2) is 28.3 Å². The largest absolute Gasteiger partial charge is 0.360 e. The fraction of sp³-hybridized carbons (Fsp3) is 0.692. The van der Waals surface area contributed by atoms with Crippen LogP contribution < -0.4 is 10.6 Å². The van der Waals surface area contributed by atoms with Crippen molar-refractivity contribution in [1.29, 1.82) is 0 Å². The molecular formula is C13H24N4O. The number of rotatable bonds is 6. The first-order chi connectivity index (χ1) is 8.40. The number of nitrogens with zero attached hydrogens (tertiary/aromatic N) is 2. The third kappa shape index (κ3) is 4.39. The van der Waals surface area contributed by atoms with Gasteiger partial charge >= 0.3 is 0 Å². The third-order valence-electron chi connectivity index (χ3n) is 2.96. The monoisotopic (exact) mass is 252 g/mol. The van der Waals surface area contributed by atoms with Gasteiger partial charge in [0.1, 0.15) is 5.82 Å². The molecule has 102 valence electrons. The molecule has 0 aliphatic rings. The highest BCUT2D eigenvalue weighted by molar-refractivity contribution is 5.80. The summed E-state index contributed by atoms with van der Waals surface area (Å²) in [6, 6.07) is 2.39. The first kappa shape index (κ1) is 14.5. The lowest BCUT2D eigenvalue weighted by atomic mass is 10.1. The molecule has 1 atom stereocenters. The number of aromatic nitrogens is 2. The van der Waals surface area contributed by atoms with Crippen LogP contribution in [0.1, 0.15) is 40.7 Å². The van der Waals surface area contributed by atoms with Gasteiger partial charge in [0.2, 0.25) is 5.91 Å². The molecule has 0 aromatic carbocycles. The Labute approximate surface area is 109 Å². The van der Waals surface area contributed by atoms with E-state index in [0.29, 0.717) is 12.0 Å². The quantitative estimate of drug-likeness (QED) is 0.814. The molecule has 2 N–H and O–H groups in total. The van der Waals surface area contributed by atoms with Gasteiger partial charge in [-0.1, -0.05) is 13.8 Å². The zero-order valence-electron chi connectivity index (χ0n) is 11.9. The van der Waals surface area contributed by atoms with Gasteiger partial charge in [0.25, 0.3) is 0 Å². The summed E-state index contributed by atoms with van der Waals surface area (Å²) >= 11 is 0. The fourth-order valence-corrected chi connectivity index (χ4v) is 1.36. The lowest BCUT2D eigenvalue weighted by Crippen LogP contribution is -2.39. The van der Waals surface area contributed by atoms with Gasteiger partial charge in [0.15, 0.2) is 0 Å². The van der Waals surface area contributed by atoms with Gasteiger partial charge in [-0.05, 0) is 26.7 Å². The van der Waals surface area contributed by atoms with Crippen LogP contribution in [0.5, 0.6) is 0 Å². The molecule has 0 aliphatic carbocycles. The van der Waals surface area contributed by atoms with Crippen LogP contribution in [0.2, 0.25) is 0 Å². The standard InChI is InChI=1S/C13H24N4O/c1-9(2)11(5)15-13(18)8-14-12-6-7-17(16-12)10(3)4/h6-7,9-11H,8H2,1-5H3,(H,14,16)(H,15,18). The predicted octanol–water partition coefficient (Wildman–Crippen LogP) is 2.04. The van der Waals surface area contributed by atoms with Gasteiger partial charge in [-0.2, -0.15) is 5.10 Å². The van der Waals surface area contributed by atoms with Crippen molar-refractivity contribution in [2.75, 3.05) is 11.9 Å². The molecule has 1 amide bonds. The first-order valence-corrected chi connectivity index (χ1v) is 6.48. The van der Waals surface area contributed by atoms with Crippen molar-refractivity contribution < 1.29 is 4.79 Å². The van der Waals surface area contributed by atoms with E-state index in [1.54, 1.807) is 0 Å². The molecule has 1 heterocycles. The average molecular weight is 252 g/mol. The maximum Gasteiger partial charge on any atom is 0.239 e. The van der Waals surface area contributed by atoms with E-state index in [1.165, 1.54) is 0 Å². The summed E-state index contributed by atoms with van der Waals surface area (Å²) in [7, 11) is 0. The Kier molecular flexibility index (Phi) is 5.19. The van der Waals surface area contributed by atoms with Crippen LogP contribution >= 0.6 is 0 Å². The van der Waals surface area contributed by atoms with E-state index < -0.39 is 0 Å². The molecule has 1 rings (SSSR count). The Morgan fingerprint density at radius 1 is 1.33 bits per heavy atom. The van der Waals surface area contributed by atoms with Crippen molar-refractivity contribution in [2.45, 2.75) is 46.7 Å². The minimum atomic E-state index is -0.00435. The summed E-state index contributed by atoms with van der Waals surface area (Å²) in [5, 5.41) is 10.3. The van der Waals surface area contributed by atoms with E-state index >= 15 is 0 Å². The molecule has 5 nitrogen and oxygen atoms in total. The number of carbonyl (C=O) groups is 1. The molecule has 1 unspecified atom stereocenters. The van der Waals surface area contributed by atoms with Crippen molar-refractivity contribution in [2.24, 2.45) is 5.92 Å². The number of hydrogen-bond donors (Lipinski definition) is 2. The normalized spacial score (nSPS) is 12.8. The molecule has 0 aliphatic heterocycles. The smallest absolute Gasteiger partial charge is 0.239 e. The van der Waals surface area contributed by atoms with Gasteiger partial charge in [-0.25, -0.2) is 0 Å². The Balaban J connectivity index is 2.38. The molecule has 5 heteroatoms. The summed E-state index contributed by atoms with van der Waals surface area (Å²) in [4.78, 5) is 11.7. The summed E-state index contributed by atoms with van der Waals surface area (Å²) in [5.74, 6) is 1.17. The van der Waals surface area contributed by atoms with E-state index in [-0.39, 0.29) is 18.5 Å². The topological polar surface area (TPSA) is 59.0 Å². The summed E-state index contributed by atoms with van der Waals surface area (Å²) in [6.45, 7) is 10.6. The van der Waals surface area contributed by atoms with Crippen molar-refractivity contribution in [1.82, 2.24) is 15.1 Å². The maximum atomic E-state index is 11.7. The van der Waals surface area contributed by atoms with Gasteiger partial charge < -0.3 is 10.6 Å². The Morgan fingerprint density at radius 3 is 2.50 bits per heavy atom. The summed E-state index contributed by atoms with van der Waals surface area (Å²) < 4.78 is 1.86. The molecule has 0 radical (unpaired) electrons. The van der Waals surface area contributed by atoms with E-state index in [2.05, 4.69) is 43.4 Å². The number of hydrogen-bond acceptors (Lipinski definition) is 3. The number of carbonyl (C=O) groups excluding carboxylic acids is 1. The van der Waals surface area contributed by atoms with Crippen molar-refractivity contribution in [3.8, 4) is 0 Å². The second-order valence-electron chi connectivity index (χ2n) is 5.23.